The van der Waals surface area contributed by atoms with Crippen molar-refractivity contribution < 1.29 is 10.1 Å². The molecule has 0 amide bonds. The van der Waals surface area contributed by atoms with E-state index in [4.69, 9.17) is 10.1 Å². The molecule has 1 aliphatic heterocycles. The highest BCUT2D eigenvalue weighted by Crippen LogP contribution is 2.19. The summed E-state index contributed by atoms with van der Waals surface area (Å²) < 4.78 is 5.33. The quantitative estimate of drug-likeness (QED) is 0.536. The second-order valence-electron chi connectivity index (χ2n) is 2.47. The molecule has 0 aromatic carbocycles. The number of hydrogen-bond donors (Lipinski definition) is 1. The largest absolute Gasteiger partial charge is 0.490 e. The Hall–Kier alpha value is -1.38. The number of nitrogens with two attached hydrogens (primary N) is 1. The Bertz CT molecular complexity index is 296. The van der Waals surface area contributed by atoms with Gasteiger partial charge in [0.2, 0.25) is 5.71 Å². The van der Waals surface area contributed by atoms with E-state index in [2.05, 4.69) is 4.98 Å². The fourth-order valence-electron chi connectivity index (χ4n) is 1.14. The number of hydrogen-bond acceptors (Lipinski definition) is 2. The number of rotatable bonds is 0. The fourth-order valence-corrected chi connectivity index (χ4v) is 1.14. The number of nitrogens with zero attached hydrogens (tertiary/aromatic N) is 1. The van der Waals surface area contributed by atoms with Gasteiger partial charge in [0.25, 0.3) is 0 Å². The Labute approximate surface area is 64.5 Å². The zero-order valence-electron chi connectivity index (χ0n) is 6.08. The third-order valence-corrected chi connectivity index (χ3v) is 1.70. The highest BCUT2D eigenvalue weighted by atomic mass is 16.5. The van der Waals surface area contributed by atoms with Gasteiger partial charge in [-0.25, -0.2) is 4.98 Å². The molecule has 56 valence electrons. The van der Waals surface area contributed by atoms with Crippen molar-refractivity contribution in [1.29, 1.82) is 0 Å². The summed E-state index contributed by atoms with van der Waals surface area (Å²) in [4.78, 5) is 4.11. The average molecular weight is 149 g/mol. The van der Waals surface area contributed by atoms with Crippen molar-refractivity contribution in [2.75, 3.05) is 6.61 Å². The molecular weight excluding hydrogens is 140 g/mol. The summed E-state index contributed by atoms with van der Waals surface area (Å²) in [5.74, 6) is 0.802. The maximum atomic E-state index is 5.72. The minimum atomic E-state index is 0.671. The molecule has 0 saturated heterocycles. The van der Waals surface area contributed by atoms with Crippen molar-refractivity contribution in [3.05, 3.63) is 24.0 Å². The third-order valence-electron chi connectivity index (χ3n) is 1.70. The lowest BCUT2D eigenvalue weighted by Gasteiger charge is -2.12. The van der Waals surface area contributed by atoms with Gasteiger partial charge in [0.15, 0.2) is 11.4 Å². The second-order valence-corrected chi connectivity index (χ2v) is 2.47. The van der Waals surface area contributed by atoms with Gasteiger partial charge in [-0.15, -0.1) is 0 Å². The first kappa shape index (κ1) is 6.34. The van der Waals surface area contributed by atoms with E-state index in [9.17, 15) is 0 Å². The van der Waals surface area contributed by atoms with Crippen LogP contribution < -0.4 is 10.1 Å². The summed E-state index contributed by atoms with van der Waals surface area (Å²) in [5.41, 5.74) is 1.63. The Morgan fingerprint density at radius 2 is 2.45 bits per heavy atom. The fraction of sp³-hybridized carbons (Fsp3) is 0.250. The van der Waals surface area contributed by atoms with Crippen LogP contribution in [0.4, 0.5) is 0 Å². The van der Waals surface area contributed by atoms with E-state index in [0.29, 0.717) is 6.61 Å². The Morgan fingerprint density at radius 1 is 1.55 bits per heavy atom. The molecule has 3 nitrogen and oxygen atoms in total. The highest BCUT2D eigenvalue weighted by molar-refractivity contribution is 5.97. The van der Waals surface area contributed by atoms with Crippen molar-refractivity contribution in [1.82, 2.24) is 4.98 Å². The summed E-state index contributed by atoms with van der Waals surface area (Å²) in [6, 6.07) is 3.73. The van der Waals surface area contributed by atoms with Crippen LogP contribution in [-0.2, 0) is 0 Å². The summed E-state index contributed by atoms with van der Waals surface area (Å²) in [6.07, 6.45) is 2.50. The van der Waals surface area contributed by atoms with Gasteiger partial charge in [0, 0.05) is 6.20 Å². The van der Waals surface area contributed by atoms with Crippen LogP contribution in [-0.4, -0.2) is 17.3 Å². The van der Waals surface area contributed by atoms with Gasteiger partial charge in [-0.1, -0.05) is 0 Å². The van der Waals surface area contributed by atoms with Gasteiger partial charge in [0.1, 0.15) is 0 Å². The van der Waals surface area contributed by atoms with Crippen molar-refractivity contribution in [2.45, 2.75) is 6.42 Å². The van der Waals surface area contributed by atoms with Gasteiger partial charge in [-0.3, -0.25) is 5.41 Å². The molecule has 1 aromatic rings. The number of aromatic nitrogens is 1. The predicted octanol–water partition coefficient (Wildman–Crippen LogP) is -0.588. The van der Waals surface area contributed by atoms with E-state index in [1.54, 1.807) is 6.20 Å². The zero-order chi connectivity index (χ0) is 7.68. The van der Waals surface area contributed by atoms with Crippen molar-refractivity contribution in [3.63, 3.8) is 0 Å². The molecule has 1 aromatic heterocycles. The Morgan fingerprint density at radius 3 is 3.27 bits per heavy atom. The molecule has 0 spiro atoms. The molecule has 0 atom stereocenters. The van der Waals surface area contributed by atoms with Crippen LogP contribution in [0.5, 0.6) is 5.75 Å². The number of pyridine rings is 1. The van der Waals surface area contributed by atoms with Crippen LogP contribution >= 0.6 is 0 Å². The maximum absolute atomic E-state index is 5.72. The van der Waals surface area contributed by atoms with Gasteiger partial charge >= 0.3 is 0 Å². The minimum absolute atomic E-state index is 0.671. The van der Waals surface area contributed by atoms with Gasteiger partial charge in [-0.05, 0) is 12.1 Å². The van der Waals surface area contributed by atoms with E-state index in [-0.39, 0.29) is 0 Å². The Balaban J connectivity index is 2.52. The molecule has 0 saturated carbocycles. The molecule has 1 aliphatic rings. The van der Waals surface area contributed by atoms with Crippen molar-refractivity contribution in [3.8, 4) is 5.75 Å². The van der Waals surface area contributed by atoms with Gasteiger partial charge in [0.05, 0.1) is 13.0 Å². The van der Waals surface area contributed by atoms with E-state index >= 15 is 0 Å². The lowest BCUT2D eigenvalue weighted by Crippen LogP contribution is -2.43. The third kappa shape index (κ3) is 0.981. The number of fused-ring (bicyclic) bond motifs is 1. The van der Waals surface area contributed by atoms with Gasteiger partial charge < -0.3 is 4.74 Å². The molecule has 0 fully saturated rings. The Kier molecular flexibility index (Phi) is 1.35. The molecule has 3 heteroatoms. The summed E-state index contributed by atoms with van der Waals surface area (Å²) >= 11 is 0. The monoisotopic (exact) mass is 149 g/mol. The van der Waals surface area contributed by atoms with Crippen LogP contribution in [0.2, 0.25) is 0 Å². The normalized spacial score (nSPS) is 15.5. The van der Waals surface area contributed by atoms with E-state index in [1.165, 1.54) is 0 Å². The SMILES string of the molecule is [NH2+]=C1CCOc2cccnc21. The zero-order valence-corrected chi connectivity index (χ0v) is 6.08. The minimum Gasteiger partial charge on any atom is -0.490 e. The summed E-state index contributed by atoms with van der Waals surface area (Å²) in [5, 5.41) is 5.72. The molecular formula is C8H9N2O+. The van der Waals surface area contributed by atoms with Gasteiger partial charge in [-0.2, -0.15) is 0 Å². The molecule has 2 rings (SSSR count). The first-order valence-corrected chi connectivity index (χ1v) is 3.57. The van der Waals surface area contributed by atoms with E-state index in [0.717, 1.165) is 23.6 Å². The van der Waals surface area contributed by atoms with Crippen LogP contribution in [0.25, 0.3) is 0 Å². The van der Waals surface area contributed by atoms with E-state index in [1.807, 2.05) is 12.1 Å². The summed E-state index contributed by atoms with van der Waals surface area (Å²) in [7, 11) is 0. The summed E-state index contributed by atoms with van der Waals surface area (Å²) in [6.45, 7) is 0.671. The molecule has 11 heavy (non-hydrogen) atoms. The molecule has 2 heterocycles. The lowest BCUT2D eigenvalue weighted by atomic mass is 10.1. The lowest BCUT2D eigenvalue weighted by molar-refractivity contribution is -0.116. The second kappa shape index (κ2) is 2.34. The van der Waals surface area contributed by atoms with Crippen LogP contribution in [0.3, 0.4) is 0 Å². The highest BCUT2D eigenvalue weighted by Gasteiger charge is 2.19. The van der Waals surface area contributed by atoms with Crippen LogP contribution in [0.1, 0.15) is 12.1 Å². The molecule has 0 radical (unpaired) electrons. The molecule has 2 N–H and O–H groups in total. The maximum Gasteiger partial charge on any atom is 0.205 e. The molecule has 0 bridgehead atoms. The van der Waals surface area contributed by atoms with E-state index < -0.39 is 0 Å². The van der Waals surface area contributed by atoms with Crippen LogP contribution in [0, 0.1) is 0 Å². The first-order chi connectivity index (χ1) is 5.38. The van der Waals surface area contributed by atoms with Crippen molar-refractivity contribution >= 4 is 5.71 Å². The molecule has 0 unspecified atom stereocenters. The molecule has 0 aliphatic carbocycles. The number of ether oxygens (including phenoxy) is 1. The van der Waals surface area contributed by atoms with Crippen LogP contribution in [0.15, 0.2) is 18.3 Å². The average Bonchev–Trinajstić information content (AvgIpc) is 2.06. The topological polar surface area (TPSA) is 47.7 Å². The first-order valence-electron chi connectivity index (χ1n) is 3.57. The standard InChI is InChI=1S/C8H8N2O/c9-6-3-5-11-7-2-1-4-10-8(6)7/h1-2,4,9H,3,5H2/p+1. The predicted molar refractivity (Wildman–Crippen MR) is 40.4 cm³/mol. The smallest absolute Gasteiger partial charge is 0.205 e. The van der Waals surface area contributed by atoms with Crippen molar-refractivity contribution in [2.24, 2.45) is 0 Å².